The van der Waals surface area contributed by atoms with Crippen molar-refractivity contribution >= 4 is 18.4 Å². The van der Waals surface area contributed by atoms with Gasteiger partial charge in [-0.1, -0.05) is 20.8 Å². The maximum absolute atomic E-state index is 13.8. The summed E-state index contributed by atoms with van der Waals surface area (Å²) in [5, 5.41) is -7.30. The Hall–Kier alpha value is -0.783. The number of halogens is 13. The van der Waals surface area contributed by atoms with Crippen LogP contribution in [0.15, 0.2) is 0 Å². The molecule has 0 spiro atoms. The highest BCUT2D eigenvalue weighted by atomic mass is 32.2. The Balaban J connectivity index is 6.63. The summed E-state index contributed by atoms with van der Waals surface area (Å²) in [6.45, 7) is 3.45. The Morgan fingerprint density at radius 2 is 0.900 bits per heavy atom. The van der Waals surface area contributed by atoms with E-state index in [4.69, 9.17) is 0 Å². The van der Waals surface area contributed by atoms with Gasteiger partial charge in [-0.3, -0.25) is 0 Å². The molecule has 0 aromatic carbocycles. The molecule has 0 unspecified atom stereocenters. The van der Waals surface area contributed by atoms with Crippen molar-refractivity contribution in [1.29, 1.82) is 0 Å². The topological polar surface area (TPSA) is 43.4 Å². The fraction of sp³-hybridized carbons (Fsp3) is 1.00. The molecule has 0 saturated carbocycles. The number of alkyl halides is 13. The van der Waals surface area contributed by atoms with Crippen molar-refractivity contribution in [2.75, 3.05) is 0 Å². The zero-order valence-corrected chi connectivity index (χ0v) is 17.0. The molecule has 0 fully saturated rings. The van der Waals surface area contributed by atoms with E-state index in [0.717, 1.165) is 20.8 Å². The van der Waals surface area contributed by atoms with Crippen LogP contribution in [-0.2, 0) is 14.0 Å². The zero-order valence-electron chi connectivity index (χ0n) is 15.2. The average molecular weight is 514 g/mol. The van der Waals surface area contributed by atoms with Crippen molar-refractivity contribution in [2.24, 2.45) is 0 Å². The smallest absolute Gasteiger partial charge is 0.310 e. The largest absolute Gasteiger partial charge is 0.460 e. The minimum absolute atomic E-state index is 0.362. The third-order valence-corrected chi connectivity index (χ3v) is 11.5. The molecule has 3 nitrogen and oxygen atoms in total. The van der Waals surface area contributed by atoms with Gasteiger partial charge in [-0.15, -0.1) is 0 Å². The van der Waals surface area contributed by atoms with Crippen LogP contribution in [0.25, 0.3) is 0 Å². The van der Waals surface area contributed by atoms with Crippen molar-refractivity contribution in [3.8, 4) is 0 Å². The van der Waals surface area contributed by atoms with Gasteiger partial charge in [0.2, 0.25) is 8.32 Å². The first-order valence-electron chi connectivity index (χ1n) is 7.80. The predicted octanol–water partition coefficient (Wildman–Crippen LogP) is 6.03. The minimum atomic E-state index is -8.19. The molecule has 0 bridgehead atoms. The number of rotatable bonds is 10. The Bertz CT molecular complexity index is 705. The van der Waals surface area contributed by atoms with E-state index < -0.39 is 53.6 Å². The molecule has 0 aromatic rings. The molecule has 0 aliphatic rings. The fourth-order valence-electron chi connectivity index (χ4n) is 2.12. The van der Waals surface area contributed by atoms with Crippen LogP contribution in [0.5, 0.6) is 0 Å². The highest BCUT2D eigenvalue weighted by Gasteiger charge is 2.92. The van der Waals surface area contributed by atoms with Gasteiger partial charge in [0.25, 0.3) is 0 Å². The summed E-state index contributed by atoms with van der Waals surface area (Å²) < 4.78 is 197. The normalized spacial score (nSPS) is 16.1. The summed E-state index contributed by atoms with van der Waals surface area (Å²) in [5.41, 5.74) is 0. The molecule has 0 radical (unpaired) electrons. The van der Waals surface area contributed by atoms with Crippen LogP contribution in [0.4, 0.5) is 57.1 Å². The van der Waals surface area contributed by atoms with E-state index in [-0.39, 0.29) is 18.1 Å². The van der Waals surface area contributed by atoms with Crippen LogP contribution in [0.2, 0.25) is 18.1 Å². The van der Waals surface area contributed by atoms with Gasteiger partial charge in [-0.05, 0) is 18.1 Å². The van der Waals surface area contributed by atoms with Gasteiger partial charge in [0.1, 0.15) is 0 Å². The Labute approximate surface area is 162 Å². The van der Waals surface area contributed by atoms with Crippen LogP contribution < -0.4 is 0 Å². The molecule has 182 valence electrons. The third-order valence-electron chi connectivity index (χ3n) is 4.44. The van der Waals surface area contributed by atoms with E-state index in [0.29, 0.717) is 0 Å². The Kier molecular flexibility index (Phi) is 7.76. The molecular weight excluding hydrogens is 499 g/mol. The van der Waals surface area contributed by atoms with Gasteiger partial charge >= 0.3 is 45.2 Å². The van der Waals surface area contributed by atoms with Gasteiger partial charge in [0.05, 0.1) is 0 Å². The Morgan fingerprint density at radius 1 is 0.600 bits per heavy atom. The van der Waals surface area contributed by atoms with Crippen molar-refractivity contribution in [3.05, 3.63) is 0 Å². The summed E-state index contributed by atoms with van der Waals surface area (Å²) in [4.78, 5) is 0. The van der Waals surface area contributed by atoms with Gasteiger partial charge < -0.3 is 3.87 Å². The van der Waals surface area contributed by atoms with Crippen molar-refractivity contribution in [3.63, 3.8) is 0 Å². The van der Waals surface area contributed by atoms with Crippen LogP contribution in [0.3, 0.4) is 0 Å². The van der Waals surface area contributed by atoms with Crippen LogP contribution in [0.1, 0.15) is 20.8 Å². The predicted molar refractivity (Wildman–Crippen MR) is 78.0 cm³/mol. The monoisotopic (exact) mass is 514 g/mol. The quantitative estimate of drug-likeness (QED) is 0.264. The maximum atomic E-state index is 13.8. The summed E-state index contributed by atoms with van der Waals surface area (Å²) in [5.74, 6) is -32.2. The molecule has 0 N–H and O–H groups in total. The van der Waals surface area contributed by atoms with Gasteiger partial charge in [-0.25, -0.2) is 0 Å². The lowest BCUT2D eigenvalue weighted by Crippen LogP contribution is -2.71. The molecule has 0 aliphatic carbocycles. The third kappa shape index (κ3) is 4.02. The molecule has 0 heterocycles. The first kappa shape index (κ1) is 29.2. The highest BCUT2D eigenvalue weighted by Crippen LogP contribution is 2.61. The van der Waals surface area contributed by atoms with Crippen LogP contribution >= 0.6 is 0 Å². The minimum Gasteiger partial charge on any atom is -0.310 e. The zero-order chi connectivity index (χ0) is 24.8. The lowest BCUT2D eigenvalue weighted by atomic mass is 9.98. The standard InChI is InChI=1S/C12H15F13O3SSi/c1-4-30(5-2,6-3)28-29(26,27)12(24,25)10(19,20)8(15,16)7(13,14)9(17,18)11(21,22)23/h4-6H2,1-3H3. The van der Waals surface area contributed by atoms with Crippen LogP contribution in [-0.4, -0.2) is 51.9 Å². The van der Waals surface area contributed by atoms with Crippen molar-refractivity contribution in [2.45, 2.75) is 74.0 Å². The van der Waals surface area contributed by atoms with Gasteiger partial charge in [0.15, 0.2) is 0 Å². The molecule has 0 saturated heterocycles. The molecule has 0 rings (SSSR count). The lowest BCUT2D eigenvalue weighted by molar-refractivity contribution is -0.433. The average Bonchev–Trinajstić information content (AvgIpc) is 2.57. The summed E-state index contributed by atoms with van der Waals surface area (Å²) in [6, 6.07) is -1.08. The second-order valence-corrected chi connectivity index (χ2v) is 12.7. The Morgan fingerprint density at radius 3 is 1.17 bits per heavy atom. The van der Waals surface area contributed by atoms with Crippen molar-refractivity contribution < 1.29 is 69.4 Å². The van der Waals surface area contributed by atoms with E-state index in [9.17, 15) is 65.5 Å². The molecule has 0 aliphatic heterocycles. The fourth-order valence-corrected chi connectivity index (χ4v) is 7.76. The van der Waals surface area contributed by atoms with E-state index in [1.165, 1.54) is 0 Å². The van der Waals surface area contributed by atoms with Crippen molar-refractivity contribution in [1.82, 2.24) is 0 Å². The molecule has 30 heavy (non-hydrogen) atoms. The highest BCUT2D eigenvalue weighted by molar-refractivity contribution is 7.88. The maximum Gasteiger partial charge on any atom is 0.460 e. The van der Waals surface area contributed by atoms with Crippen LogP contribution in [0, 0.1) is 0 Å². The lowest BCUT2D eigenvalue weighted by Gasteiger charge is -2.40. The molecule has 0 aromatic heterocycles. The van der Waals surface area contributed by atoms with Gasteiger partial charge in [-0.2, -0.15) is 65.5 Å². The van der Waals surface area contributed by atoms with E-state index in [1.807, 2.05) is 0 Å². The summed E-state index contributed by atoms with van der Waals surface area (Å²) in [6.07, 6.45) is -7.57. The first-order chi connectivity index (χ1) is 12.9. The van der Waals surface area contributed by atoms with E-state index in [1.54, 1.807) is 0 Å². The molecule has 18 heteroatoms. The molecule has 0 amide bonds. The molecular formula is C12H15F13O3SSi. The summed E-state index contributed by atoms with van der Waals surface area (Å²) in [7, 11) is -11.1. The van der Waals surface area contributed by atoms with E-state index in [2.05, 4.69) is 3.87 Å². The molecule has 0 atom stereocenters. The van der Waals surface area contributed by atoms with E-state index >= 15 is 0 Å². The number of hydrogen-bond donors (Lipinski definition) is 0. The second kappa shape index (κ2) is 7.97. The van der Waals surface area contributed by atoms with Gasteiger partial charge in [0, 0.05) is 0 Å². The first-order valence-corrected chi connectivity index (χ1v) is 11.7. The number of hydrogen-bond acceptors (Lipinski definition) is 3. The summed E-state index contributed by atoms with van der Waals surface area (Å²) >= 11 is 0. The SMILES string of the molecule is CC[Si](CC)(CC)OS(=O)(=O)C(F)(F)C(F)(F)C(F)(F)C(F)(F)C(F)(F)C(F)(F)F. The second-order valence-electron chi connectivity index (χ2n) is 6.09.